The van der Waals surface area contributed by atoms with E-state index in [2.05, 4.69) is 24.5 Å². The van der Waals surface area contributed by atoms with E-state index in [1.807, 2.05) is 59.5 Å². The Bertz CT molecular complexity index is 1280. The minimum Gasteiger partial charge on any atom is -0.467 e. The lowest BCUT2D eigenvalue weighted by Crippen LogP contribution is -2.41. The third kappa shape index (κ3) is 4.84. The molecule has 0 fully saturated rings. The van der Waals surface area contributed by atoms with E-state index in [0.29, 0.717) is 29.3 Å². The predicted octanol–water partition coefficient (Wildman–Crippen LogP) is 5.87. The number of halogens is 1. The topological polar surface area (TPSA) is 74.6 Å². The highest BCUT2D eigenvalue weighted by Gasteiger charge is 2.41. The second-order valence-electron chi connectivity index (χ2n) is 9.91. The summed E-state index contributed by atoms with van der Waals surface area (Å²) in [6.45, 7) is 4.60. The summed E-state index contributed by atoms with van der Waals surface area (Å²) in [6.07, 6.45) is 2.77. The average molecular weight is 490 g/mol. The van der Waals surface area contributed by atoms with Crippen molar-refractivity contribution in [3.05, 3.63) is 94.5 Å². The van der Waals surface area contributed by atoms with Gasteiger partial charge in [-0.15, -0.1) is 0 Å². The van der Waals surface area contributed by atoms with Crippen LogP contribution in [0.15, 0.2) is 82.6 Å². The van der Waals surface area contributed by atoms with Gasteiger partial charge in [0.15, 0.2) is 5.78 Å². The maximum absolute atomic E-state index is 13.6. The van der Waals surface area contributed by atoms with Crippen molar-refractivity contribution in [2.75, 3.05) is 16.8 Å². The molecule has 1 atom stereocenters. The van der Waals surface area contributed by atoms with Gasteiger partial charge in [0.25, 0.3) is 0 Å². The van der Waals surface area contributed by atoms with E-state index < -0.39 is 6.04 Å². The molecule has 0 spiro atoms. The second-order valence-corrected chi connectivity index (χ2v) is 10.3. The molecule has 7 heteroatoms. The molecule has 2 N–H and O–H groups in total. The molecule has 2 aliphatic rings. The Morgan fingerprint density at radius 2 is 1.89 bits per heavy atom. The first-order valence-electron chi connectivity index (χ1n) is 11.7. The van der Waals surface area contributed by atoms with Crippen molar-refractivity contribution in [3.63, 3.8) is 0 Å². The monoisotopic (exact) mass is 489 g/mol. The van der Waals surface area contributed by atoms with Crippen LogP contribution >= 0.6 is 11.6 Å². The van der Waals surface area contributed by atoms with Gasteiger partial charge < -0.3 is 20.0 Å². The maximum Gasteiger partial charge on any atom is 0.239 e. The zero-order chi connectivity index (χ0) is 24.6. The number of Topliss-reactive ketones (excluding diaryl/α,β-unsaturated/α-hetero) is 1. The van der Waals surface area contributed by atoms with Gasteiger partial charge >= 0.3 is 0 Å². The molecule has 35 heavy (non-hydrogen) atoms. The van der Waals surface area contributed by atoms with E-state index >= 15 is 0 Å². The van der Waals surface area contributed by atoms with Crippen molar-refractivity contribution >= 4 is 34.7 Å². The molecule has 0 saturated carbocycles. The van der Waals surface area contributed by atoms with Gasteiger partial charge in [-0.05, 0) is 53.8 Å². The number of allylic oxidation sites excluding steroid dienone is 1. The summed E-state index contributed by atoms with van der Waals surface area (Å²) < 4.78 is 5.35. The van der Waals surface area contributed by atoms with Crippen LogP contribution in [0.1, 0.15) is 44.1 Å². The predicted molar refractivity (Wildman–Crippen MR) is 137 cm³/mol. The summed E-state index contributed by atoms with van der Waals surface area (Å²) in [4.78, 5) is 28.8. The average Bonchev–Trinajstić information content (AvgIpc) is 3.29. The molecule has 3 aromatic rings. The van der Waals surface area contributed by atoms with Gasteiger partial charge in [-0.2, -0.15) is 0 Å². The van der Waals surface area contributed by atoms with Crippen LogP contribution in [-0.2, 0) is 16.1 Å². The minimum absolute atomic E-state index is 0.0696. The fraction of sp³-hybridized carbons (Fsp3) is 0.286. The molecule has 2 heterocycles. The first kappa shape index (κ1) is 23.2. The zero-order valence-electron chi connectivity index (χ0n) is 19.8. The number of nitrogens with zero attached hydrogens (tertiary/aromatic N) is 1. The van der Waals surface area contributed by atoms with Crippen LogP contribution in [0.25, 0.3) is 0 Å². The number of para-hydroxylation sites is 2. The molecular formula is C28H28ClN3O3. The van der Waals surface area contributed by atoms with Crippen LogP contribution < -0.4 is 15.5 Å². The largest absolute Gasteiger partial charge is 0.467 e. The smallest absolute Gasteiger partial charge is 0.239 e. The summed E-state index contributed by atoms with van der Waals surface area (Å²) in [5.41, 5.74) is 4.12. The summed E-state index contributed by atoms with van der Waals surface area (Å²) in [5.74, 6) is 0.612. The van der Waals surface area contributed by atoms with Gasteiger partial charge in [0.2, 0.25) is 5.91 Å². The molecule has 1 amide bonds. The van der Waals surface area contributed by atoms with Crippen LogP contribution in [0.3, 0.4) is 0 Å². The lowest BCUT2D eigenvalue weighted by Gasteiger charge is -2.37. The number of ketones is 1. The summed E-state index contributed by atoms with van der Waals surface area (Å²) in [6, 6.07) is 18.6. The fourth-order valence-electron chi connectivity index (χ4n) is 5.03. The summed E-state index contributed by atoms with van der Waals surface area (Å²) in [5, 5.41) is 7.12. The second kappa shape index (κ2) is 9.27. The number of fused-ring (bicyclic) bond motifs is 1. The van der Waals surface area contributed by atoms with Crippen LogP contribution in [0.5, 0.6) is 0 Å². The standard InChI is InChI=1S/C28H28ClN3O3/c1-28(2)14-22-26(24(33)15-28)27(18-9-11-19(29)12-10-18)32(23-8-4-3-7-21(23)31-22)17-25(34)30-16-20-6-5-13-35-20/h3-13,27,31H,14-17H2,1-2H3,(H,30,34)/t27-/m1/s1. The number of nitrogens with one attached hydrogen (secondary N) is 2. The van der Waals surface area contributed by atoms with Crippen molar-refractivity contribution < 1.29 is 14.0 Å². The molecule has 1 aliphatic heterocycles. The molecule has 2 aromatic carbocycles. The number of anilines is 2. The lowest BCUT2D eigenvalue weighted by atomic mass is 9.73. The molecule has 1 aliphatic carbocycles. The Labute approximate surface area is 210 Å². The van der Waals surface area contributed by atoms with E-state index in [0.717, 1.165) is 29.1 Å². The minimum atomic E-state index is -0.434. The quantitative estimate of drug-likeness (QED) is 0.469. The summed E-state index contributed by atoms with van der Waals surface area (Å²) >= 11 is 6.20. The molecule has 0 bridgehead atoms. The first-order valence-corrected chi connectivity index (χ1v) is 12.1. The molecule has 180 valence electrons. The Kier molecular flexibility index (Phi) is 6.15. The number of furan rings is 1. The molecule has 0 radical (unpaired) electrons. The highest BCUT2D eigenvalue weighted by molar-refractivity contribution is 6.30. The normalized spacial score (nSPS) is 18.9. The molecule has 5 rings (SSSR count). The number of rotatable bonds is 5. The van der Waals surface area contributed by atoms with Crippen molar-refractivity contribution in [2.45, 2.75) is 39.3 Å². The number of hydrogen-bond acceptors (Lipinski definition) is 5. The van der Waals surface area contributed by atoms with Crippen molar-refractivity contribution in [2.24, 2.45) is 5.41 Å². The van der Waals surface area contributed by atoms with Gasteiger partial charge in [0.05, 0.1) is 36.8 Å². The molecule has 1 aromatic heterocycles. The van der Waals surface area contributed by atoms with Gasteiger partial charge in [-0.3, -0.25) is 9.59 Å². The van der Waals surface area contributed by atoms with E-state index in [-0.39, 0.29) is 23.7 Å². The van der Waals surface area contributed by atoms with E-state index in [1.165, 1.54) is 0 Å². The number of carbonyl (C=O) groups is 2. The molecular weight excluding hydrogens is 462 g/mol. The molecule has 0 unspecified atom stereocenters. The third-order valence-electron chi connectivity index (χ3n) is 6.54. The highest BCUT2D eigenvalue weighted by atomic mass is 35.5. The van der Waals surface area contributed by atoms with Crippen LogP contribution in [0, 0.1) is 5.41 Å². The Balaban J connectivity index is 1.60. The number of benzene rings is 2. The Morgan fingerprint density at radius 3 is 2.63 bits per heavy atom. The van der Waals surface area contributed by atoms with Crippen LogP contribution in [0.2, 0.25) is 5.02 Å². The first-order chi connectivity index (χ1) is 16.8. The van der Waals surface area contributed by atoms with Crippen molar-refractivity contribution in [3.8, 4) is 0 Å². The van der Waals surface area contributed by atoms with E-state index in [4.69, 9.17) is 16.0 Å². The van der Waals surface area contributed by atoms with Crippen LogP contribution in [0.4, 0.5) is 11.4 Å². The van der Waals surface area contributed by atoms with Gasteiger partial charge in [0, 0.05) is 22.7 Å². The van der Waals surface area contributed by atoms with Crippen LogP contribution in [-0.4, -0.2) is 18.2 Å². The van der Waals surface area contributed by atoms with Crippen molar-refractivity contribution in [1.29, 1.82) is 0 Å². The van der Waals surface area contributed by atoms with Crippen molar-refractivity contribution in [1.82, 2.24) is 5.32 Å². The number of carbonyl (C=O) groups excluding carboxylic acids is 2. The third-order valence-corrected chi connectivity index (χ3v) is 6.80. The Morgan fingerprint density at radius 1 is 1.11 bits per heavy atom. The van der Waals surface area contributed by atoms with Gasteiger partial charge in [0.1, 0.15) is 5.76 Å². The highest BCUT2D eigenvalue weighted by Crippen LogP contribution is 2.48. The fourth-order valence-corrected chi connectivity index (χ4v) is 5.15. The molecule has 6 nitrogen and oxygen atoms in total. The van der Waals surface area contributed by atoms with E-state index in [1.54, 1.807) is 12.3 Å². The lowest BCUT2D eigenvalue weighted by molar-refractivity contribution is -0.121. The zero-order valence-corrected chi connectivity index (χ0v) is 20.6. The Hall–Kier alpha value is -3.51. The SMILES string of the molecule is CC1(C)CC(=O)C2=C(C1)Nc1ccccc1N(CC(=O)NCc1ccco1)[C@@H]2c1ccc(Cl)cc1. The van der Waals surface area contributed by atoms with E-state index in [9.17, 15) is 9.59 Å². The number of amides is 1. The van der Waals surface area contributed by atoms with Gasteiger partial charge in [-0.1, -0.05) is 49.7 Å². The summed E-state index contributed by atoms with van der Waals surface area (Å²) in [7, 11) is 0. The molecule has 0 saturated heterocycles. The maximum atomic E-state index is 13.6. The van der Waals surface area contributed by atoms with Gasteiger partial charge in [-0.25, -0.2) is 0 Å². The number of hydrogen-bond donors (Lipinski definition) is 2.